The third kappa shape index (κ3) is 1.66. The van der Waals surface area contributed by atoms with Gasteiger partial charge in [-0.25, -0.2) is 0 Å². The number of pyridine rings is 1. The van der Waals surface area contributed by atoms with Crippen LogP contribution in [0.15, 0.2) is 42.7 Å². The standard InChI is InChI=1S/C14H8N2O4/c17-13-10-2-1-9(16(19)20)7-11(10)14(18)12(13)8-3-5-15-6-4-8/h1-7,18H. The van der Waals surface area contributed by atoms with Gasteiger partial charge in [0.05, 0.1) is 10.5 Å². The molecule has 0 spiro atoms. The summed E-state index contributed by atoms with van der Waals surface area (Å²) in [6.07, 6.45) is 3.02. The Morgan fingerprint density at radius 2 is 1.80 bits per heavy atom. The molecule has 2 aromatic rings. The van der Waals surface area contributed by atoms with Crippen molar-refractivity contribution < 1.29 is 14.8 Å². The number of nitrogens with zero attached hydrogens (tertiary/aromatic N) is 2. The molecule has 0 unspecified atom stereocenters. The highest BCUT2D eigenvalue weighted by Crippen LogP contribution is 2.38. The number of non-ortho nitro benzene ring substituents is 1. The van der Waals surface area contributed by atoms with E-state index in [0.29, 0.717) is 5.56 Å². The maximum atomic E-state index is 12.3. The SMILES string of the molecule is O=C1C(c2ccncc2)=C(O)c2cc([N+](=O)[O-])ccc21. The molecule has 0 fully saturated rings. The fraction of sp³-hybridized carbons (Fsp3) is 0. The number of hydrogen-bond donors (Lipinski definition) is 1. The van der Waals surface area contributed by atoms with Gasteiger partial charge < -0.3 is 5.11 Å². The average molecular weight is 268 g/mol. The second-order valence-corrected chi connectivity index (χ2v) is 4.28. The van der Waals surface area contributed by atoms with Gasteiger partial charge in [0.25, 0.3) is 5.69 Å². The number of aromatic nitrogens is 1. The normalized spacial score (nSPS) is 13.5. The van der Waals surface area contributed by atoms with E-state index in [9.17, 15) is 20.0 Å². The van der Waals surface area contributed by atoms with Crippen LogP contribution in [0.3, 0.4) is 0 Å². The summed E-state index contributed by atoms with van der Waals surface area (Å²) in [5.74, 6) is -0.585. The number of carbonyl (C=O) groups is 1. The molecule has 0 amide bonds. The van der Waals surface area contributed by atoms with Crippen molar-refractivity contribution in [2.45, 2.75) is 0 Å². The van der Waals surface area contributed by atoms with E-state index in [1.54, 1.807) is 12.1 Å². The van der Waals surface area contributed by atoms with Gasteiger partial charge in [0, 0.05) is 35.7 Å². The lowest BCUT2D eigenvalue weighted by atomic mass is 10.0. The maximum Gasteiger partial charge on any atom is 0.270 e. The van der Waals surface area contributed by atoms with Crippen molar-refractivity contribution in [1.29, 1.82) is 0 Å². The van der Waals surface area contributed by atoms with Crippen LogP contribution in [0.1, 0.15) is 21.5 Å². The zero-order valence-corrected chi connectivity index (χ0v) is 10.1. The minimum absolute atomic E-state index is 0.142. The lowest BCUT2D eigenvalue weighted by Gasteiger charge is -2.00. The third-order valence-corrected chi connectivity index (χ3v) is 3.15. The third-order valence-electron chi connectivity index (χ3n) is 3.15. The first kappa shape index (κ1) is 12.0. The molecule has 6 heteroatoms. The molecule has 0 saturated heterocycles. The lowest BCUT2D eigenvalue weighted by Crippen LogP contribution is -1.98. The fourth-order valence-electron chi connectivity index (χ4n) is 2.20. The number of aliphatic hydroxyl groups excluding tert-OH is 1. The van der Waals surface area contributed by atoms with Crippen LogP contribution in [0.2, 0.25) is 0 Å². The summed E-state index contributed by atoms with van der Waals surface area (Å²) in [4.78, 5) is 26.3. The van der Waals surface area contributed by atoms with Crippen molar-refractivity contribution in [2.75, 3.05) is 0 Å². The summed E-state index contributed by atoms with van der Waals surface area (Å²) in [5.41, 5.74) is 0.958. The monoisotopic (exact) mass is 268 g/mol. The molecule has 6 nitrogen and oxygen atoms in total. The summed E-state index contributed by atoms with van der Waals surface area (Å²) >= 11 is 0. The van der Waals surface area contributed by atoms with Crippen molar-refractivity contribution in [2.24, 2.45) is 0 Å². The number of nitro benzene ring substituents is 1. The van der Waals surface area contributed by atoms with E-state index in [4.69, 9.17) is 0 Å². The molecule has 98 valence electrons. The minimum Gasteiger partial charge on any atom is -0.506 e. The van der Waals surface area contributed by atoms with E-state index in [2.05, 4.69) is 4.98 Å². The Hall–Kier alpha value is -3.02. The van der Waals surface area contributed by atoms with Crippen LogP contribution < -0.4 is 0 Å². The fourth-order valence-corrected chi connectivity index (χ4v) is 2.20. The number of rotatable bonds is 2. The summed E-state index contributed by atoms with van der Waals surface area (Å²) < 4.78 is 0. The molecule has 20 heavy (non-hydrogen) atoms. The molecular formula is C14H8N2O4. The number of fused-ring (bicyclic) bond motifs is 1. The number of aliphatic hydroxyl groups is 1. The molecule has 0 bridgehead atoms. The van der Waals surface area contributed by atoms with Gasteiger partial charge >= 0.3 is 0 Å². The van der Waals surface area contributed by atoms with Crippen LogP contribution in [-0.4, -0.2) is 20.8 Å². The Balaban J connectivity index is 2.19. The summed E-state index contributed by atoms with van der Waals surface area (Å²) in [5, 5.41) is 20.9. The lowest BCUT2D eigenvalue weighted by molar-refractivity contribution is -0.384. The molecule has 1 heterocycles. The Morgan fingerprint density at radius 1 is 1.10 bits per heavy atom. The maximum absolute atomic E-state index is 12.3. The number of carbonyl (C=O) groups excluding carboxylic acids is 1. The molecule has 1 aliphatic carbocycles. The highest BCUT2D eigenvalue weighted by atomic mass is 16.6. The molecule has 1 aromatic carbocycles. The Labute approximate surface area is 113 Å². The quantitative estimate of drug-likeness (QED) is 0.667. The smallest absolute Gasteiger partial charge is 0.270 e. The van der Waals surface area contributed by atoms with E-state index in [1.807, 2.05) is 0 Å². The van der Waals surface area contributed by atoms with Gasteiger partial charge in [-0.3, -0.25) is 19.9 Å². The van der Waals surface area contributed by atoms with Gasteiger partial charge in [-0.15, -0.1) is 0 Å². The molecule has 0 aliphatic heterocycles. The number of nitro groups is 1. The second-order valence-electron chi connectivity index (χ2n) is 4.28. The van der Waals surface area contributed by atoms with E-state index >= 15 is 0 Å². The first-order chi connectivity index (χ1) is 9.59. The number of ketones is 1. The van der Waals surface area contributed by atoms with Crippen molar-refractivity contribution >= 4 is 22.8 Å². The van der Waals surface area contributed by atoms with Crippen LogP contribution >= 0.6 is 0 Å². The Morgan fingerprint density at radius 3 is 2.45 bits per heavy atom. The van der Waals surface area contributed by atoms with E-state index < -0.39 is 4.92 Å². The number of hydrogen-bond acceptors (Lipinski definition) is 5. The first-order valence-electron chi connectivity index (χ1n) is 5.76. The van der Waals surface area contributed by atoms with Crippen LogP contribution in [0.25, 0.3) is 11.3 Å². The van der Waals surface area contributed by atoms with Gasteiger partial charge in [0.1, 0.15) is 5.76 Å². The van der Waals surface area contributed by atoms with Gasteiger partial charge in [-0.05, 0) is 23.8 Å². The largest absolute Gasteiger partial charge is 0.506 e. The zero-order valence-electron chi connectivity index (χ0n) is 10.1. The van der Waals surface area contributed by atoms with Crippen LogP contribution in [0, 0.1) is 10.1 Å². The van der Waals surface area contributed by atoms with Crippen LogP contribution in [-0.2, 0) is 0 Å². The second kappa shape index (κ2) is 4.27. The zero-order chi connectivity index (χ0) is 14.3. The molecule has 0 radical (unpaired) electrons. The van der Waals surface area contributed by atoms with E-state index in [1.165, 1.54) is 30.6 Å². The summed E-state index contributed by atoms with van der Waals surface area (Å²) in [7, 11) is 0. The van der Waals surface area contributed by atoms with Crippen molar-refractivity contribution in [1.82, 2.24) is 4.98 Å². The van der Waals surface area contributed by atoms with Gasteiger partial charge in [-0.2, -0.15) is 0 Å². The van der Waals surface area contributed by atoms with E-state index in [-0.39, 0.29) is 33.9 Å². The van der Waals surface area contributed by atoms with Crippen molar-refractivity contribution in [3.05, 3.63) is 69.5 Å². The predicted molar refractivity (Wildman–Crippen MR) is 71.1 cm³/mol. The summed E-state index contributed by atoms with van der Waals surface area (Å²) in [6, 6.07) is 7.02. The van der Waals surface area contributed by atoms with Gasteiger partial charge in [0.15, 0.2) is 5.78 Å². The molecular weight excluding hydrogens is 260 g/mol. The van der Waals surface area contributed by atoms with Gasteiger partial charge in [0.2, 0.25) is 0 Å². The van der Waals surface area contributed by atoms with Crippen LogP contribution in [0.4, 0.5) is 5.69 Å². The molecule has 1 aliphatic rings. The van der Waals surface area contributed by atoms with Crippen molar-refractivity contribution in [3.8, 4) is 0 Å². The molecule has 1 aromatic heterocycles. The molecule has 0 atom stereocenters. The predicted octanol–water partition coefficient (Wildman–Crippen LogP) is 2.61. The van der Waals surface area contributed by atoms with E-state index in [0.717, 1.165) is 0 Å². The van der Waals surface area contributed by atoms with Gasteiger partial charge in [-0.1, -0.05) is 0 Å². The number of allylic oxidation sites excluding steroid dienone is 1. The number of Topliss-reactive ketones (excluding diaryl/α,β-unsaturated/α-hetero) is 1. The van der Waals surface area contributed by atoms with Crippen LogP contribution in [0.5, 0.6) is 0 Å². The summed E-state index contributed by atoms with van der Waals surface area (Å²) in [6.45, 7) is 0. The Bertz CT molecular complexity index is 766. The van der Waals surface area contributed by atoms with Crippen molar-refractivity contribution in [3.63, 3.8) is 0 Å². The molecule has 1 N–H and O–H groups in total. The average Bonchev–Trinajstić information content (AvgIpc) is 2.71. The molecule has 3 rings (SSSR count). The number of benzene rings is 1. The highest BCUT2D eigenvalue weighted by Gasteiger charge is 2.31. The molecule has 0 saturated carbocycles. The highest BCUT2D eigenvalue weighted by molar-refractivity contribution is 6.38. The topological polar surface area (TPSA) is 93.3 Å². The minimum atomic E-state index is -0.567. The Kier molecular flexibility index (Phi) is 2.57. The first-order valence-corrected chi connectivity index (χ1v) is 5.76.